The summed E-state index contributed by atoms with van der Waals surface area (Å²) >= 11 is 0. The van der Waals surface area contributed by atoms with Crippen molar-refractivity contribution in [1.29, 1.82) is 0 Å². The Labute approximate surface area is 199 Å². The second-order valence-electron chi connectivity index (χ2n) is 9.12. The van der Waals surface area contributed by atoms with Crippen LogP contribution in [-0.2, 0) is 12.8 Å². The average molecular weight is 447 g/mol. The first kappa shape index (κ1) is 25.1. The third kappa shape index (κ3) is 8.07. The molecule has 0 radical (unpaired) electrons. The minimum absolute atomic E-state index is 0.437. The first-order valence-electron chi connectivity index (χ1n) is 12.9. The van der Waals surface area contributed by atoms with E-state index in [0.29, 0.717) is 11.4 Å². The van der Waals surface area contributed by atoms with E-state index < -0.39 is 5.95 Å². The summed E-state index contributed by atoms with van der Waals surface area (Å²) in [6.07, 6.45) is 16.6. The molecule has 3 aromatic rings. The third-order valence-electron chi connectivity index (χ3n) is 6.36. The second-order valence-corrected chi connectivity index (χ2v) is 9.12. The Morgan fingerprint density at radius 3 is 1.67 bits per heavy atom. The van der Waals surface area contributed by atoms with Crippen molar-refractivity contribution in [2.45, 2.75) is 90.9 Å². The highest BCUT2D eigenvalue weighted by molar-refractivity contribution is 5.64. The molecule has 176 valence electrons. The van der Waals surface area contributed by atoms with Crippen LogP contribution in [0, 0.1) is 5.95 Å². The first-order chi connectivity index (χ1) is 16.2. The molecule has 0 bridgehead atoms. The van der Waals surface area contributed by atoms with Gasteiger partial charge in [-0.1, -0.05) is 114 Å². The van der Waals surface area contributed by atoms with Gasteiger partial charge < -0.3 is 0 Å². The van der Waals surface area contributed by atoms with E-state index in [-0.39, 0.29) is 0 Å². The smallest absolute Gasteiger partial charge is 0.224 e. The van der Waals surface area contributed by atoms with Gasteiger partial charge >= 0.3 is 0 Å². The standard InChI is InChI=1S/C30H39FN2/c1-3-5-7-8-9-10-12-14-25-15-19-26(20-16-25)28-23-32-30(33-29(28)31)27-21-17-24(18-22-27)13-11-6-4-2/h15-23H,3-14H2,1-2H3. The quantitative estimate of drug-likeness (QED) is 0.182. The van der Waals surface area contributed by atoms with Gasteiger partial charge in [0, 0.05) is 11.8 Å². The Kier molecular flexibility index (Phi) is 10.5. The summed E-state index contributed by atoms with van der Waals surface area (Å²) in [5.41, 5.74) is 4.75. The topological polar surface area (TPSA) is 25.8 Å². The number of hydrogen-bond acceptors (Lipinski definition) is 2. The lowest BCUT2D eigenvalue weighted by Gasteiger charge is -2.08. The van der Waals surface area contributed by atoms with Gasteiger partial charge in [0.1, 0.15) is 0 Å². The highest BCUT2D eigenvalue weighted by Crippen LogP contribution is 2.25. The van der Waals surface area contributed by atoms with Crippen molar-refractivity contribution in [1.82, 2.24) is 9.97 Å². The highest BCUT2D eigenvalue weighted by atomic mass is 19.1. The van der Waals surface area contributed by atoms with Gasteiger partial charge in [0.05, 0.1) is 5.56 Å². The molecule has 33 heavy (non-hydrogen) atoms. The Morgan fingerprint density at radius 1 is 0.606 bits per heavy atom. The minimum Gasteiger partial charge on any atom is -0.236 e. The molecule has 0 saturated carbocycles. The Morgan fingerprint density at radius 2 is 1.09 bits per heavy atom. The summed E-state index contributed by atoms with van der Waals surface area (Å²) in [6.45, 7) is 4.47. The number of hydrogen-bond donors (Lipinski definition) is 0. The van der Waals surface area contributed by atoms with Crippen molar-refractivity contribution >= 4 is 0 Å². The predicted molar refractivity (Wildman–Crippen MR) is 138 cm³/mol. The molecular weight excluding hydrogens is 407 g/mol. The van der Waals surface area contributed by atoms with Gasteiger partial charge in [0.15, 0.2) is 5.82 Å². The summed E-state index contributed by atoms with van der Waals surface area (Å²) < 4.78 is 14.8. The molecule has 0 aliphatic heterocycles. The summed E-state index contributed by atoms with van der Waals surface area (Å²) in [7, 11) is 0. The number of nitrogens with zero attached hydrogens (tertiary/aromatic N) is 2. The van der Waals surface area contributed by atoms with Crippen LogP contribution in [0.15, 0.2) is 54.7 Å². The number of unbranched alkanes of at least 4 members (excludes halogenated alkanes) is 8. The maximum absolute atomic E-state index is 14.8. The zero-order chi connectivity index (χ0) is 23.3. The fourth-order valence-electron chi connectivity index (χ4n) is 4.23. The zero-order valence-electron chi connectivity index (χ0n) is 20.5. The van der Waals surface area contributed by atoms with Crippen molar-refractivity contribution in [2.75, 3.05) is 0 Å². The number of halogens is 1. The van der Waals surface area contributed by atoms with Crippen LogP contribution in [0.25, 0.3) is 22.5 Å². The average Bonchev–Trinajstić information content (AvgIpc) is 2.84. The minimum atomic E-state index is -0.466. The van der Waals surface area contributed by atoms with E-state index in [1.807, 2.05) is 24.3 Å². The van der Waals surface area contributed by atoms with E-state index in [4.69, 9.17) is 0 Å². The molecule has 0 aliphatic carbocycles. The molecule has 0 fully saturated rings. The molecule has 3 heteroatoms. The fourth-order valence-corrected chi connectivity index (χ4v) is 4.23. The van der Waals surface area contributed by atoms with E-state index in [1.54, 1.807) is 6.20 Å². The summed E-state index contributed by atoms with van der Waals surface area (Å²) in [4.78, 5) is 8.61. The van der Waals surface area contributed by atoms with E-state index in [2.05, 4.69) is 48.1 Å². The molecule has 2 aromatic carbocycles. The molecule has 0 atom stereocenters. The summed E-state index contributed by atoms with van der Waals surface area (Å²) in [5, 5.41) is 0. The van der Waals surface area contributed by atoms with Crippen LogP contribution < -0.4 is 0 Å². The molecule has 3 rings (SSSR count). The van der Waals surface area contributed by atoms with Gasteiger partial charge in [0.2, 0.25) is 5.95 Å². The SMILES string of the molecule is CCCCCCCCCc1ccc(-c2cnc(-c3ccc(CCCCC)cc3)nc2F)cc1. The van der Waals surface area contributed by atoms with Crippen LogP contribution in [-0.4, -0.2) is 9.97 Å². The molecule has 0 N–H and O–H groups in total. The van der Waals surface area contributed by atoms with Crippen LogP contribution in [0.1, 0.15) is 89.2 Å². The van der Waals surface area contributed by atoms with Crippen molar-refractivity contribution in [3.05, 3.63) is 71.8 Å². The van der Waals surface area contributed by atoms with Crippen LogP contribution in [0.2, 0.25) is 0 Å². The molecule has 0 spiro atoms. The van der Waals surface area contributed by atoms with Gasteiger partial charge in [-0.05, 0) is 42.4 Å². The number of aromatic nitrogens is 2. The van der Waals surface area contributed by atoms with E-state index in [1.165, 1.54) is 75.3 Å². The molecule has 0 amide bonds. The largest absolute Gasteiger partial charge is 0.236 e. The predicted octanol–water partition coefficient (Wildman–Crippen LogP) is 8.98. The number of aryl methyl sites for hydroxylation is 2. The van der Waals surface area contributed by atoms with Crippen molar-refractivity contribution < 1.29 is 4.39 Å². The van der Waals surface area contributed by atoms with Gasteiger partial charge in [-0.2, -0.15) is 9.37 Å². The van der Waals surface area contributed by atoms with Gasteiger partial charge in [-0.15, -0.1) is 0 Å². The monoisotopic (exact) mass is 446 g/mol. The van der Waals surface area contributed by atoms with Gasteiger partial charge in [-0.3, -0.25) is 0 Å². The Balaban J connectivity index is 1.55. The van der Waals surface area contributed by atoms with Crippen LogP contribution in [0.3, 0.4) is 0 Å². The van der Waals surface area contributed by atoms with Crippen molar-refractivity contribution in [3.63, 3.8) is 0 Å². The summed E-state index contributed by atoms with van der Waals surface area (Å²) in [5.74, 6) is -0.0289. The lowest BCUT2D eigenvalue weighted by atomic mass is 10.0. The first-order valence-corrected chi connectivity index (χ1v) is 12.9. The number of benzene rings is 2. The normalized spacial score (nSPS) is 11.1. The van der Waals surface area contributed by atoms with Gasteiger partial charge in [-0.25, -0.2) is 4.98 Å². The van der Waals surface area contributed by atoms with Crippen molar-refractivity contribution in [2.24, 2.45) is 0 Å². The molecule has 1 heterocycles. The van der Waals surface area contributed by atoms with Crippen molar-refractivity contribution in [3.8, 4) is 22.5 Å². The molecule has 0 saturated heterocycles. The summed E-state index contributed by atoms with van der Waals surface area (Å²) in [6, 6.07) is 16.4. The van der Waals surface area contributed by atoms with Crippen LogP contribution in [0.4, 0.5) is 4.39 Å². The molecule has 2 nitrogen and oxygen atoms in total. The van der Waals surface area contributed by atoms with Gasteiger partial charge in [0.25, 0.3) is 0 Å². The molecule has 0 unspecified atom stereocenters. The maximum Gasteiger partial charge on any atom is 0.224 e. The van der Waals surface area contributed by atoms with Crippen LogP contribution >= 0.6 is 0 Å². The van der Waals surface area contributed by atoms with E-state index in [0.717, 1.165) is 24.0 Å². The third-order valence-corrected chi connectivity index (χ3v) is 6.36. The fraction of sp³-hybridized carbons (Fsp3) is 0.467. The molecule has 0 aliphatic rings. The Hall–Kier alpha value is -2.55. The molecular formula is C30H39FN2. The second kappa shape index (κ2) is 13.9. The highest BCUT2D eigenvalue weighted by Gasteiger charge is 2.11. The molecule has 1 aromatic heterocycles. The lowest BCUT2D eigenvalue weighted by Crippen LogP contribution is -1.96. The Bertz CT molecular complexity index is 948. The lowest BCUT2D eigenvalue weighted by molar-refractivity contribution is 0.585. The zero-order valence-corrected chi connectivity index (χ0v) is 20.5. The van der Waals surface area contributed by atoms with E-state index >= 15 is 0 Å². The maximum atomic E-state index is 14.8. The van der Waals surface area contributed by atoms with Crippen LogP contribution in [0.5, 0.6) is 0 Å². The number of rotatable bonds is 14. The van der Waals surface area contributed by atoms with E-state index in [9.17, 15) is 4.39 Å².